The zero-order valence-electron chi connectivity index (χ0n) is 6.84. The highest BCUT2D eigenvalue weighted by atomic mass is 35.5. The third-order valence-corrected chi connectivity index (χ3v) is 4.59. The maximum Gasteiger partial charge on any atom is 0.322 e. The van der Waals surface area contributed by atoms with Gasteiger partial charge in [-0.2, -0.15) is 11.8 Å². The molecule has 1 rings (SSSR count). The lowest BCUT2D eigenvalue weighted by atomic mass is 10.4. The van der Waals surface area contributed by atoms with Crippen LogP contribution in [-0.2, 0) is 9.53 Å². The first-order chi connectivity index (χ1) is 5.66. The molecule has 70 valence electrons. The van der Waals surface area contributed by atoms with Crippen LogP contribution in [0.4, 0.5) is 0 Å². The lowest BCUT2D eigenvalue weighted by Gasteiger charge is -2.31. The van der Waals surface area contributed by atoms with Crippen LogP contribution in [0, 0.1) is 0 Å². The quantitative estimate of drug-likeness (QED) is 0.531. The van der Waals surface area contributed by atoms with E-state index in [1.807, 2.05) is 18.7 Å². The van der Waals surface area contributed by atoms with Gasteiger partial charge in [-0.05, 0) is 6.92 Å². The Hall–Kier alpha value is 0.460. The largest absolute Gasteiger partial charge is 0.446 e. The van der Waals surface area contributed by atoms with Crippen LogP contribution in [0.5, 0.6) is 0 Å². The van der Waals surface area contributed by atoms with Gasteiger partial charge >= 0.3 is 5.97 Å². The number of thioether (sulfide) groups is 2. The summed E-state index contributed by atoms with van der Waals surface area (Å²) in [6.45, 7) is 1.94. The summed E-state index contributed by atoms with van der Waals surface area (Å²) in [5.74, 6) is 2.66. The minimum absolute atomic E-state index is 0.0547. The number of carbonyl (C=O) groups is 1. The van der Waals surface area contributed by atoms with Gasteiger partial charge in [0.1, 0.15) is 5.88 Å². The van der Waals surface area contributed by atoms with Gasteiger partial charge in [0.15, 0.2) is 4.93 Å². The smallest absolute Gasteiger partial charge is 0.322 e. The summed E-state index contributed by atoms with van der Waals surface area (Å²) in [6, 6.07) is 0. The second-order valence-corrected chi connectivity index (χ2v) is 5.58. The summed E-state index contributed by atoms with van der Waals surface area (Å²) in [5, 5.41) is 0. The van der Waals surface area contributed by atoms with Crippen LogP contribution in [0.25, 0.3) is 0 Å². The molecule has 0 aromatic rings. The zero-order chi connectivity index (χ0) is 9.03. The Morgan fingerprint density at radius 3 is 2.92 bits per heavy atom. The normalized spacial score (nSPS) is 29.8. The van der Waals surface area contributed by atoms with Crippen LogP contribution in [0.3, 0.4) is 0 Å². The highest BCUT2D eigenvalue weighted by molar-refractivity contribution is 8.07. The van der Waals surface area contributed by atoms with Gasteiger partial charge in [-0.25, -0.2) is 0 Å². The van der Waals surface area contributed by atoms with Crippen LogP contribution >= 0.6 is 35.1 Å². The van der Waals surface area contributed by atoms with Crippen molar-refractivity contribution in [3.8, 4) is 0 Å². The van der Waals surface area contributed by atoms with Crippen LogP contribution < -0.4 is 0 Å². The van der Waals surface area contributed by atoms with Gasteiger partial charge in [0.05, 0.1) is 0 Å². The predicted octanol–water partition coefficient (Wildman–Crippen LogP) is 1.96. The van der Waals surface area contributed by atoms with Crippen molar-refractivity contribution in [3.63, 3.8) is 0 Å². The third-order valence-electron chi connectivity index (χ3n) is 1.44. The van der Waals surface area contributed by atoms with Gasteiger partial charge in [0.2, 0.25) is 0 Å². The number of rotatable bonds is 2. The van der Waals surface area contributed by atoms with Crippen LogP contribution in [0.15, 0.2) is 0 Å². The highest BCUT2D eigenvalue weighted by Gasteiger charge is 2.31. The fourth-order valence-electron chi connectivity index (χ4n) is 0.943. The third kappa shape index (κ3) is 3.07. The van der Waals surface area contributed by atoms with Crippen molar-refractivity contribution in [2.75, 3.05) is 23.1 Å². The maximum absolute atomic E-state index is 10.9. The zero-order valence-corrected chi connectivity index (χ0v) is 9.23. The Morgan fingerprint density at radius 1 is 1.67 bits per heavy atom. The highest BCUT2D eigenvalue weighted by Crippen LogP contribution is 2.35. The molecule has 1 aliphatic rings. The molecule has 2 nitrogen and oxygen atoms in total. The molecule has 1 atom stereocenters. The minimum atomic E-state index is -0.352. The monoisotopic (exact) mass is 226 g/mol. The molecule has 1 heterocycles. The van der Waals surface area contributed by atoms with E-state index in [0.717, 1.165) is 17.3 Å². The molecule has 0 radical (unpaired) electrons. The molecule has 0 aliphatic carbocycles. The SMILES string of the molecule is CC1(OC(=O)CCl)CSCCS1. The van der Waals surface area contributed by atoms with Crippen molar-refractivity contribution < 1.29 is 9.53 Å². The summed E-state index contributed by atoms with van der Waals surface area (Å²) in [5.41, 5.74) is 0. The lowest BCUT2D eigenvalue weighted by Crippen LogP contribution is -2.34. The molecular formula is C7H11ClO2S2. The average molecular weight is 227 g/mol. The van der Waals surface area contributed by atoms with Crippen molar-refractivity contribution in [2.45, 2.75) is 11.9 Å². The van der Waals surface area contributed by atoms with Gasteiger partial charge in [-0.15, -0.1) is 23.4 Å². The number of hydrogen-bond acceptors (Lipinski definition) is 4. The van der Waals surface area contributed by atoms with Crippen molar-refractivity contribution in [1.82, 2.24) is 0 Å². The van der Waals surface area contributed by atoms with Crippen molar-refractivity contribution >= 4 is 41.1 Å². The molecule has 0 saturated carbocycles. The molecular weight excluding hydrogens is 216 g/mol. The molecule has 1 unspecified atom stereocenters. The first-order valence-electron chi connectivity index (χ1n) is 3.66. The van der Waals surface area contributed by atoms with Crippen molar-refractivity contribution in [1.29, 1.82) is 0 Å². The summed E-state index contributed by atoms with van der Waals surface area (Å²) >= 11 is 8.84. The van der Waals surface area contributed by atoms with E-state index in [2.05, 4.69) is 0 Å². The lowest BCUT2D eigenvalue weighted by molar-refractivity contribution is -0.146. The molecule has 1 aliphatic heterocycles. The Bertz CT molecular complexity index is 169. The standard InChI is InChI=1S/C7H11ClO2S2/c1-7(10-6(9)4-8)5-11-2-3-12-7/h2-5H2,1H3. The Labute approximate surface area is 85.7 Å². The molecule has 0 amide bonds. The molecule has 0 aromatic carbocycles. The second-order valence-electron chi connectivity index (χ2n) is 2.64. The summed E-state index contributed by atoms with van der Waals surface area (Å²) in [6.07, 6.45) is 0. The molecule has 0 N–H and O–H groups in total. The number of alkyl halides is 1. The predicted molar refractivity (Wildman–Crippen MR) is 55.0 cm³/mol. The van der Waals surface area contributed by atoms with Gasteiger partial charge < -0.3 is 4.74 Å². The molecule has 0 aromatic heterocycles. The Balaban J connectivity index is 2.41. The second kappa shape index (κ2) is 4.63. The summed E-state index contributed by atoms with van der Waals surface area (Å²) in [7, 11) is 0. The van der Waals surface area contributed by atoms with E-state index in [1.54, 1.807) is 11.8 Å². The van der Waals surface area contributed by atoms with Gasteiger partial charge in [0, 0.05) is 17.3 Å². The van der Waals surface area contributed by atoms with Crippen LogP contribution in [0.2, 0.25) is 0 Å². The Kier molecular flexibility index (Phi) is 4.06. The van der Waals surface area contributed by atoms with E-state index in [1.165, 1.54) is 0 Å². The number of halogens is 1. The number of esters is 1. The van der Waals surface area contributed by atoms with Crippen molar-refractivity contribution in [2.24, 2.45) is 0 Å². The van der Waals surface area contributed by atoms with Crippen LogP contribution in [0.1, 0.15) is 6.92 Å². The molecule has 5 heteroatoms. The van der Waals surface area contributed by atoms with Crippen molar-refractivity contribution in [3.05, 3.63) is 0 Å². The fraction of sp³-hybridized carbons (Fsp3) is 0.857. The minimum Gasteiger partial charge on any atom is -0.446 e. The van der Waals surface area contributed by atoms with E-state index < -0.39 is 0 Å². The molecule has 1 fully saturated rings. The average Bonchev–Trinajstić information content (AvgIpc) is 2.05. The summed E-state index contributed by atoms with van der Waals surface area (Å²) in [4.78, 5) is 10.6. The van der Waals surface area contributed by atoms with Gasteiger partial charge in [0.25, 0.3) is 0 Å². The number of carbonyl (C=O) groups excluding carboxylic acids is 1. The molecule has 1 saturated heterocycles. The maximum atomic E-state index is 10.9. The molecule has 0 bridgehead atoms. The molecule has 0 spiro atoms. The van der Waals surface area contributed by atoms with E-state index in [-0.39, 0.29) is 16.8 Å². The fourth-order valence-corrected chi connectivity index (χ4v) is 3.54. The number of ether oxygens (including phenoxy) is 1. The van der Waals surface area contributed by atoms with E-state index in [4.69, 9.17) is 16.3 Å². The first kappa shape index (κ1) is 10.5. The first-order valence-corrected chi connectivity index (χ1v) is 6.33. The number of hydrogen-bond donors (Lipinski definition) is 0. The van der Waals surface area contributed by atoms with E-state index >= 15 is 0 Å². The summed E-state index contributed by atoms with van der Waals surface area (Å²) < 4.78 is 5.20. The van der Waals surface area contributed by atoms with Gasteiger partial charge in [-0.1, -0.05) is 0 Å². The van der Waals surface area contributed by atoms with E-state index in [0.29, 0.717) is 0 Å². The van der Waals surface area contributed by atoms with Crippen LogP contribution in [-0.4, -0.2) is 34.0 Å². The topological polar surface area (TPSA) is 26.3 Å². The molecule has 12 heavy (non-hydrogen) atoms. The van der Waals surface area contributed by atoms with Gasteiger partial charge in [-0.3, -0.25) is 4.79 Å². The Morgan fingerprint density at radius 2 is 2.42 bits per heavy atom. The van der Waals surface area contributed by atoms with E-state index in [9.17, 15) is 4.79 Å².